The molecule has 0 aliphatic carbocycles. The van der Waals surface area contributed by atoms with E-state index in [-0.39, 0.29) is 5.69 Å². The Bertz CT molecular complexity index is 902. The van der Waals surface area contributed by atoms with Crippen molar-refractivity contribution in [3.05, 3.63) is 68.6 Å². The minimum absolute atomic E-state index is 0.205. The van der Waals surface area contributed by atoms with Gasteiger partial charge in [0.25, 0.3) is 0 Å². The number of nitrogens with one attached hydrogen (secondary N) is 1. The molecule has 3 rings (SSSR count). The predicted molar refractivity (Wildman–Crippen MR) is 95.7 cm³/mol. The molecular weight excluding hydrogens is 380 g/mol. The van der Waals surface area contributed by atoms with Crippen LogP contribution in [0.3, 0.4) is 0 Å². The van der Waals surface area contributed by atoms with E-state index < -0.39 is 0 Å². The molecule has 0 aliphatic heterocycles. The van der Waals surface area contributed by atoms with Crippen LogP contribution in [0.15, 0.2) is 57.9 Å². The lowest BCUT2D eigenvalue weighted by Gasteiger charge is -2.06. The van der Waals surface area contributed by atoms with Crippen LogP contribution < -0.4 is 10.4 Å². The highest BCUT2D eigenvalue weighted by molar-refractivity contribution is 9.10. The number of halogens is 2. The number of aromatic nitrogens is 2. The highest BCUT2D eigenvalue weighted by Crippen LogP contribution is 2.29. The molecular formula is C17H14BrClN2O2. The molecule has 0 aliphatic rings. The molecule has 0 bridgehead atoms. The highest BCUT2D eigenvalue weighted by atomic mass is 79.9. The van der Waals surface area contributed by atoms with Gasteiger partial charge in [-0.15, -0.1) is 0 Å². The molecule has 0 atom stereocenters. The predicted octanol–water partition coefficient (Wildman–Crippen LogP) is 4.65. The second kappa shape index (κ2) is 6.64. The summed E-state index contributed by atoms with van der Waals surface area (Å²) in [5, 5.41) is 0.514. The Balaban J connectivity index is 2.01. The second-order valence-electron chi connectivity index (χ2n) is 4.90. The van der Waals surface area contributed by atoms with Crippen molar-refractivity contribution in [2.45, 2.75) is 6.92 Å². The zero-order chi connectivity index (χ0) is 16.4. The molecule has 0 saturated carbocycles. The maximum atomic E-state index is 12.2. The molecule has 0 fully saturated rings. The zero-order valence-corrected chi connectivity index (χ0v) is 14.7. The van der Waals surface area contributed by atoms with Crippen LogP contribution in [0.25, 0.3) is 16.9 Å². The van der Waals surface area contributed by atoms with Crippen molar-refractivity contribution < 1.29 is 4.74 Å². The van der Waals surface area contributed by atoms with Crippen LogP contribution in [0.4, 0.5) is 0 Å². The molecule has 1 N–H and O–H groups in total. The maximum absolute atomic E-state index is 12.2. The summed E-state index contributed by atoms with van der Waals surface area (Å²) in [6.07, 6.45) is 1.76. The van der Waals surface area contributed by atoms with Crippen molar-refractivity contribution in [1.29, 1.82) is 0 Å². The number of hydrogen-bond donors (Lipinski definition) is 1. The number of nitrogens with zero attached hydrogens (tertiary/aromatic N) is 1. The summed E-state index contributed by atoms with van der Waals surface area (Å²) in [5.74, 6) is 0.631. The van der Waals surface area contributed by atoms with Crippen LogP contribution in [0.5, 0.6) is 5.75 Å². The van der Waals surface area contributed by atoms with E-state index in [1.807, 2.05) is 37.3 Å². The van der Waals surface area contributed by atoms with Gasteiger partial charge in [0.15, 0.2) is 0 Å². The summed E-state index contributed by atoms with van der Waals surface area (Å²) in [4.78, 5) is 15.1. The Morgan fingerprint density at radius 2 is 2.09 bits per heavy atom. The van der Waals surface area contributed by atoms with Gasteiger partial charge in [-0.05, 0) is 43.3 Å². The van der Waals surface area contributed by atoms with E-state index in [0.717, 1.165) is 15.7 Å². The van der Waals surface area contributed by atoms with Crippen molar-refractivity contribution in [2.75, 3.05) is 6.61 Å². The van der Waals surface area contributed by atoms with Crippen LogP contribution in [0, 0.1) is 0 Å². The van der Waals surface area contributed by atoms with Gasteiger partial charge in [-0.1, -0.05) is 33.6 Å². The van der Waals surface area contributed by atoms with E-state index >= 15 is 0 Å². The third-order valence-electron chi connectivity index (χ3n) is 3.35. The van der Waals surface area contributed by atoms with Gasteiger partial charge in [-0.3, -0.25) is 4.57 Å². The van der Waals surface area contributed by atoms with Crippen LogP contribution in [0.2, 0.25) is 5.02 Å². The molecule has 3 aromatic rings. The lowest BCUT2D eigenvalue weighted by Crippen LogP contribution is -2.13. The molecule has 23 heavy (non-hydrogen) atoms. The molecule has 0 saturated heterocycles. The summed E-state index contributed by atoms with van der Waals surface area (Å²) in [7, 11) is 0. The van der Waals surface area contributed by atoms with Crippen LogP contribution >= 0.6 is 27.5 Å². The first-order valence-corrected chi connectivity index (χ1v) is 8.26. The average molecular weight is 394 g/mol. The van der Waals surface area contributed by atoms with Gasteiger partial charge < -0.3 is 9.72 Å². The number of hydrogen-bond acceptors (Lipinski definition) is 2. The standard InChI is InChI=1S/C17H14BrClN2O2/c1-2-23-16-7-6-11(8-14(16)19)15-10-21(17(22)20-15)13-5-3-4-12(18)9-13/h3-10H,2H2,1H3,(H,20,22). The topological polar surface area (TPSA) is 47.0 Å². The fraction of sp³-hybridized carbons (Fsp3) is 0.118. The van der Waals surface area contributed by atoms with Crippen molar-refractivity contribution in [2.24, 2.45) is 0 Å². The number of aromatic amines is 1. The number of ether oxygens (including phenoxy) is 1. The van der Waals surface area contributed by atoms with Crippen molar-refractivity contribution in [3.63, 3.8) is 0 Å². The molecule has 118 valence electrons. The fourth-order valence-corrected chi connectivity index (χ4v) is 2.92. The zero-order valence-electron chi connectivity index (χ0n) is 12.3. The Labute approximate surface area is 146 Å². The van der Waals surface area contributed by atoms with E-state index in [2.05, 4.69) is 20.9 Å². The van der Waals surface area contributed by atoms with Gasteiger partial charge in [0, 0.05) is 16.2 Å². The third kappa shape index (κ3) is 3.35. The van der Waals surface area contributed by atoms with E-state index in [1.165, 1.54) is 0 Å². The molecule has 0 amide bonds. The summed E-state index contributed by atoms with van der Waals surface area (Å²) >= 11 is 9.62. The summed E-state index contributed by atoms with van der Waals surface area (Å²) in [6.45, 7) is 2.45. The average Bonchev–Trinajstić information content (AvgIpc) is 2.91. The van der Waals surface area contributed by atoms with Gasteiger partial charge in [-0.25, -0.2) is 4.79 Å². The van der Waals surface area contributed by atoms with Gasteiger partial charge >= 0.3 is 5.69 Å². The summed E-state index contributed by atoms with van der Waals surface area (Å²) < 4.78 is 7.90. The van der Waals surface area contributed by atoms with Crippen LogP contribution in [-0.4, -0.2) is 16.2 Å². The normalized spacial score (nSPS) is 10.7. The first-order chi connectivity index (χ1) is 11.1. The lowest BCUT2D eigenvalue weighted by molar-refractivity contribution is 0.340. The Morgan fingerprint density at radius 3 is 2.78 bits per heavy atom. The fourth-order valence-electron chi connectivity index (χ4n) is 2.30. The first-order valence-electron chi connectivity index (χ1n) is 7.09. The van der Waals surface area contributed by atoms with Crippen molar-refractivity contribution in [3.8, 4) is 22.7 Å². The van der Waals surface area contributed by atoms with E-state index in [9.17, 15) is 4.79 Å². The quantitative estimate of drug-likeness (QED) is 0.701. The minimum Gasteiger partial charge on any atom is -0.492 e. The molecule has 1 heterocycles. The molecule has 0 spiro atoms. The number of benzene rings is 2. The number of imidazole rings is 1. The Hall–Kier alpha value is -1.98. The van der Waals surface area contributed by atoms with Gasteiger partial charge in [0.05, 0.1) is 23.0 Å². The molecule has 0 unspecified atom stereocenters. The second-order valence-corrected chi connectivity index (χ2v) is 6.22. The van der Waals surface area contributed by atoms with E-state index in [1.54, 1.807) is 22.9 Å². The molecule has 4 nitrogen and oxygen atoms in total. The lowest BCUT2D eigenvalue weighted by atomic mass is 10.1. The van der Waals surface area contributed by atoms with Crippen molar-refractivity contribution >= 4 is 27.5 Å². The van der Waals surface area contributed by atoms with E-state index in [0.29, 0.717) is 23.1 Å². The molecule has 0 radical (unpaired) electrons. The largest absolute Gasteiger partial charge is 0.492 e. The Morgan fingerprint density at radius 1 is 1.26 bits per heavy atom. The van der Waals surface area contributed by atoms with Crippen molar-refractivity contribution in [1.82, 2.24) is 9.55 Å². The molecule has 2 aromatic carbocycles. The monoisotopic (exact) mass is 392 g/mol. The van der Waals surface area contributed by atoms with E-state index in [4.69, 9.17) is 16.3 Å². The summed E-state index contributed by atoms with van der Waals surface area (Å²) in [5.41, 5.74) is 2.09. The SMILES string of the molecule is CCOc1ccc(-c2cn(-c3cccc(Br)c3)c(=O)[nH]2)cc1Cl. The maximum Gasteiger partial charge on any atom is 0.330 e. The van der Waals surface area contributed by atoms with Crippen LogP contribution in [-0.2, 0) is 0 Å². The Kier molecular flexibility index (Phi) is 4.59. The van der Waals surface area contributed by atoms with Gasteiger partial charge in [0.1, 0.15) is 5.75 Å². The highest BCUT2D eigenvalue weighted by Gasteiger charge is 2.10. The first kappa shape index (κ1) is 15.9. The molecule has 6 heteroatoms. The van der Waals surface area contributed by atoms with Gasteiger partial charge in [-0.2, -0.15) is 0 Å². The third-order valence-corrected chi connectivity index (χ3v) is 4.14. The molecule has 1 aromatic heterocycles. The van der Waals surface area contributed by atoms with Gasteiger partial charge in [0.2, 0.25) is 0 Å². The minimum atomic E-state index is -0.205. The van der Waals surface area contributed by atoms with Crippen LogP contribution in [0.1, 0.15) is 6.92 Å². The summed E-state index contributed by atoms with van der Waals surface area (Å²) in [6, 6.07) is 13.0. The number of H-pyrrole nitrogens is 1. The number of rotatable bonds is 4. The smallest absolute Gasteiger partial charge is 0.330 e.